The summed E-state index contributed by atoms with van der Waals surface area (Å²) < 4.78 is 17.0. The lowest BCUT2D eigenvalue weighted by atomic mass is 9.49. The molecular formula is C28H40O9. The van der Waals surface area contributed by atoms with E-state index < -0.39 is 76.4 Å². The second-order valence-corrected chi connectivity index (χ2v) is 11.9. The fourth-order valence-corrected chi connectivity index (χ4v) is 6.85. The van der Waals surface area contributed by atoms with Gasteiger partial charge in [0.05, 0.1) is 17.6 Å². The van der Waals surface area contributed by atoms with Gasteiger partial charge in [0.15, 0.2) is 11.9 Å². The molecule has 0 spiro atoms. The van der Waals surface area contributed by atoms with Gasteiger partial charge in [0, 0.05) is 38.5 Å². The van der Waals surface area contributed by atoms with E-state index in [9.17, 15) is 29.4 Å². The molecule has 3 aliphatic carbocycles. The molecule has 0 aromatic rings. The number of aliphatic hydroxyl groups is 2. The molecule has 9 nitrogen and oxygen atoms in total. The SMILES string of the molecule is CC(=O)O[C@H]1C(=O)[C@]2(C)[C@@H](OC(C)=O)C[C@H](O)/C(=C/[C@H](O)[C@H]3C[C@H](OC(C)=O)C(C)=C1C3(C)C)C2(C)C. The van der Waals surface area contributed by atoms with Crippen LogP contribution in [0.25, 0.3) is 0 Å². The summed E-state index contributed by atoms with van der Waals surface area (Å²) >= 11 is 0. The van der Waals surface area contributed by atoms with E-state index in [0.29, 0.717) is 16.7 Å². The van der Waals surface area contributed by atoms with Gasteiger partial charge in [0.25, 0.3) is 0 Å². The molecule has 37 heavy (non-hydrogen) atoms. The maximum atomic E-state index is 14.7. The van der Waals surface area contributed by atoms with Crippen LogP contribution < -0.4 is 0 Å². The van der Waals surface area contributed by atoms with E-state index in [2.05, 4.69) is 0 Å². The topological polar surface area (TPSA) is 136 Å². The monoisotopic (exact) mass is 520 g/mol. The quantitative estimate of drug-likeness (QED) is 0.327. The lowest BCUT2D eigenvalue weighted by Gasteiger charge is -2.57. The first-order chi connectivity index (χ1) is 16.9. The Kier molecular flexibility index (Phi) is 7.58. The molecule has 4 bridgehead atoms. The Labute approximate surface area is 218 Å². The molecule has 0 unspecified atom stereocenters. The summed E-state index contributed by atoms with van der Waals surface area (Å²) in [6.45, 7) is 14.4. The molecule has 0 aliphatic heterocycles. The maximum Gasteiger partial charge on any atom is 0.303 e. The number of Topliss-reactive ketones (excluding diaryl/α,β-unsaturated/α-hetero) is 1. The molecule has 1 fully saturated rings. The van der Waals surface area contributed by atoms with Gasteiger partial charge in [-0.15, -0.1) is 0 Å². The lowest BCUT2D eigenvalue weighted by Crippen LogP contribution is -2.63. The van der Waals surface area contributed by atoms with E-state index in [0.717, 1.165) is 0 Å². The highest BCUT2D eigenvalue weighted by Gasteiger charge is 2.64. The Morgan fingerprint density at radius 3 is 1.95 bits per heavy atom. The minimum atomic E-state index is -1.45. The number of carbonyl (C=O) groups is 4. The average Bonchev–Trinajstić information content (AvgIpc) is 2.74. The van der Waals surface area contributed by atoms with Gasteiger partial charge < -0.3 is 24.4 Å². The van der Waals surface area contributed by atoms with Crippen molar-refractivity contribution >= 4 is 23.7 Å². The predicted octanol–water partition coefficient (Wildman–Crippen LogP) is 2.81. The smallest absolute Gasteiger partial charge is 0.303 e. The number of aliphatic hydroxyl groups excluding tert-OH is 2. The van der Waals surface area contributed by atoms with E-state index in [1.807, 2.05) is 13.8 Å². The van der Waals surface area contributed by atoms with Crippen molar-refractivity contribution in [1.82, 2.24) is 0 Å². The molecule has 3 rings (SSSR count). The van der Waals surface area contributed by atoms with Crippen LogP contribution in [0.15, 0.2) is 22.8 Å². The Hall–Kier alpha value is -2.52. The predicted molar refractivity (Wildman–Crippen MR) is 133 cm³/mol. The van der Waals surface area contributed by atoms with Gasteiger partial charge in [0.1, 0.15) is 12.2 Å². The van der Waals surface area contributed by atoms with Crippen LogP contribution in [0.3, 0.4) is 0 Å². The fourth-order valence-electron chi connectivity index (χ4n) is 6.85. The molecule has 9 heteroatoms. The van der Waals surface area contributed by atoms with E-state index in [1.165, 1.54) is 20.8 Å². The van der Waals surface area contributed by atoms with Crippen LogP contribution in [-0.4, -0.2) is 64.4 Å². The summed E-state index contributed by atoms with van der Waals surface area (Å²) in [7, 11) is 0. The minimum Gasteiger partial charge on any atom is -0.461 e. The third-order valence-corrected chi connectivity index (χ3v) is 9.13. The van der Waals surface area contributed by atoms with Crippen LogP contribution in [0.2, 0.25) is 0 Å². The second kappa shape index (κ2) is 9.66. The van der Waals surface area contributed by atoms with Gasteiger partial charge in [-0.25, -0.2) is 0 Å². The highest BCUT2D eigenvalue weighted by molar-refractivity contribution is 5.95. The third-order valence-electron chi connectivity index (χ3n) is 9.13. The number of fused-ring (bicyclic) bond motifs is 4. The van der Waals surface area contributed by atoms with Crippen molar-refractivity contribution < 1.29 is 43.6 Å². The summed E-state index contributed by atoms with van der Waals surface area (Å²) in [5.74, 6) is -2.84. The van der Waals surface area contributed by atoms with Crippen LogP contribution >= 0.6 is 0 Å². The molecule has 0 aromatic heterocycles. The number of ether oxygens (including phenoxy) is 3. The van der Waals surface area contributed by atoms with Crippen LogP contribution in [0.1, 0.15) is 75.2 Å². The van der Waals surface area contributed by atoms with Crippen molar-refractivity contribution in [3.8, 4) is 0 Å². The maximum absolute atomic E-state index is 14.7. The van der Waals surface area contributed by atoms with Crippen LogP contribution in [0.5, 0.6) is 0 Å². The molecule has 0 saturated heterocycles. The number of ketones is 1. The number of carbonyl (C=O) groups excluding carboxylic acids is 4. The van der Waals surface area contributed by atoms with E-state index in [1.54, 1.807) is 33.8 Å². The van der Waals surface area contributed by atoms with Gasteiger partial charge >= 0.3 is 17.9 Å². The largest absolute Gasteiger partial charge is 0.461 e. The Morgan fingerprint density at radius 2 is 1.43 bits per heavy atom. The van der Waals surface area contributed by atoms with Crippen molar-refractivity contribution in [2.75, 3.05) is 0 Å². The number of esters is 3. The Morgan fingerprint density at radius 1 is 0.892 bits per heavy atom. The second-order valence-electron chi connectivity index (χ2n) is 11.9. The Bertz CT molecular complexity index is 1070. The van der Waals surface area contributed by atoms with Crippen molar-refractivity contribution in [1.29, 1.82) is 0 Å². The van der Waals surface area contributed by atoms with Crippen molar-refractivity contribution in [3.63, 3.8) is 0 Å². The van der Waals surface area contributed by atoms with Crippen LogP contribution in [-0.2, 0) is 33.4 Å². The highest BCUT2D eigenvalue weighted by Crippen LogP contribution is 2.59. The van der Waals surface area contributed by atoms with Gasteiger partial charge in [-0.05, 0) is 42.4 Å². The summed E-state index contributed by atoms with van der Waals surface area (Å²) in [5.41, 5.74) is -1.95. The minimum absolute atomic E-state index is 0.0568. The van der Waals surface area contributed by atoms with Gasteiger partial charge in [-0.2, -0.15) is 0 Å². The fraction of sp³-hybridized carbons (Fsp3) is 0.714. The number of rotatable bonds is 3. The molecule has 206 valence electrons. The van der Waals surface area contributed by atoms with E-state index in [-0.39, 0.29) is 12.8 Å². The third kappa shape index (κ3) is 4.65. The summed E-state index contributed by atoms with van der Waals surface area (Å²) in [4.78, 5) is 51.1. The van der Waals surface area contributed by atoms with E-state index in [4.69, 9.17) is 14.2 Å². The molecule has 3 aliphatic rings. The van der Waals surface area contributed by atoms with Gasteiger partial charge in [-0.3, -0.25) is 19.2 Å². The first kappa shape index (κ1) is 29.0. The molecule has 7 atom stereocenters. The first-order valence-corrected chi connectivity index (χ1v) is 12.7. The van der Waals surface area contributed by atoms with Crippen molar-refractivity contribution in [3.05, 3.63) is 22.8 Å². The van der Waals surface area contributed by atoms with Gasteiger partial charge in [-0.1, -0.05) is 33.8 Å². The summed E-state index contributed by atoms with van der Waals surface area (Å²) in [6, 6.07) is 0. The standard InChI is InChI=1S/C28H40O9/c1-13-21(35-14(2)29)11-17-19(32)10-18-20(33)12-22(36-15(3)30)28(9,27(18,7)8)25(34)24(37-16(4)31)23(13)26(17,5)6/h10,17,19-22,24,32-33H,11-12H2,1-9H3/b18-10-/t17-,19+,20+,21+,22+,24-,28+/m1/s1. The van der Waals surface area contributed by atoms with Crippen LogP contribution in [0, 0.1) is 22.2 Å². The zero-order chi connectivity index (χ0) is 28.2. The molecule has 0 amide bonds. The summed E-state index contributed by atoms with van der Waals surface area (Å²) in [5, 5.41) is 22.7. The normalized spacial score (nSPS) is 38.1. The van der Waals surface area contributed by atoms with Crippen LogP contribution in [0.4, 0.5) is 0 Å². The first-order valence-electron chi connectivity index (χ1n) is 12.7. The Balaban J connectivity index is 2.43. The van der Waals surface area contributed by atoms with E-state index >= 15 is 0 Å². The lowest BCUT2D eigenvalue weighted by molar-refractivity contribution is -0.181. The number of hydrogen-bond acceptors (Lipinski definition) is 9. The molecule has 1 saturated carbocycles. The number of hydrogen-bond donors (Lipinski definition) is 2. The van der Waals surface area contributed by atoms with Crippen molar-refractivity contribution in [2.45, 2.75) is 106 Å². The summed E-state index contributed by atoms with van der Waals surface area (Å²) in [6.07, 6.45) is -3.52. The average molecular weight is 521 g/mol. The molecular weight excluding hydrogens is 480 g/mol. The van der Waals surface area contributed by atoms with Gasteiger partial charge in [0.2, 0.25) is 0 Å². The molecule has 2 N–H and O–H groups in total. The highest BCUT2D eigenvalue weighted by atomic mass is 16.6. The van der Waals surface area contributed by atoms with Crippen molar-refractivity contribution in [2.24, 2.45) is 22.2 Å². The zero-order valence-electron chi connectivity index (χ0n) is 23.2. The molecule has 0 heterocycles. The zero-order valence-corrected chi connectivity index (χ0v) is 23.2. The molecule has 0 radical (unpaired) electrons. The molecule has 0 aromatic carbocycles.